The minimum atomic E-state index is -2.70. The molecule has 0 saturated carbocycles. The van der Waals surface area contributed by atoms with Crippen molar-refractivity contribution in [3.63, 3.8) is 0 Å². The lowest BCUT2D eigenvalue weighted by molar-refractivity contribution is 0.296. The summed E-state index contributed by atoms with van der Waals surface area (Å²) in [6.45, 7) is 1.76. The summed E-state index contributed by atoms with van der Waals surface area (Å²) in [5.41, 5.74) is 0. The zero-order chi connectivity index (χ0) is 6.91. The van der Waals surface area contributed by atoms with E-state index in [0.29, 0.717) is 11.9 Å². The maximum Gasteiger partial charge on any atom is 0.382 e. The van der Waals surface area contributed by atoms with Crippen LogP contribution in [0.1, 0.15) is 6.92 Å². The van der Waals surface area contributed by atoms with Crippen molar-refractivity contribution in [2.75, 3.05) is 13.3 Å². The second-order valence-corrected chi connectivity index (χ2v) is 4.02. The summed E-state index contributed by atoms with van der Waals surface area (Å²) in [6.07, 6.45) is 2.18. The van der Waals surface area contributed by atoms with Gasteiger partial charge in [-0.25, -0.2) is 4.57 Å². The number of hydrogen-bond donors (Lipinski definition) is 0. The molecule has 4 heteroatoms. The Balaban J connectivity index is 2.64. The highest BCUT2D eigenvalue weighted by Crippen LogP contribution is 2.53. The van der Waals surface area contributed by atoms with Crippen LogP contribution in [0.3, 0.4) is 0 Å². The summed E-state index contributed by atoms with van der Waals surface area (Å²) in [5.74, 6) is 0.695. The smallest absolute Gasteiger partial charge is 0.382 e. The van der Waals surface area contributed by atoms with Gasteiger partial charge >= 0.3 is 7.60 Å². The van der Waals surface area contributed by atoms with Crippen LogP contribution in [0.2, 0.25) is 0 Å². The molecule has 1 aliphatic heterocycles. The first kappa shape index (κ1) is 6.84. The Bertz CT molecular complexity index is 185. The lowest BCUT2D eigenvalue weighted by atomic mass is 10.5. The Morgan fingerprint density at radius 3 is 2.78 bits per heavy atom. The Kier molecular flexibility index (Phi) is 1.64. The minimum absolute atomic E-state index is 0.412. The zero-order valence-corrected chi connectivity index (χ0v) is 6.35. The largest absolute Gasteiger partial charge is 0.429 e. The SMILES string of the molecule is COP1(=O)CC=C(C)O1. The predicted octanol–water partition coefficient (Wildman–Crippen LogP) is 1.76. The first-order valence-corrected chi connectivity index (χ1v) is 4.40. The Morgan fingerprint density at radius 1 is 1.89 bits per heavy atom. The molecule has 0 amide bonds. The van der Waals surface area contributed by atoms with Crippen molar-refractivity contribution in [3.05, 3.63) is 11.8 Å². The minimum Gasteiger partial charge on any atom is -0.429 e. The first-order chi connectivity index (χ1) is 4.16. The van der Waals surface area contributed by atoms with E-state index in [9.17, 15) is 4.57 Å². The van der Waals surface area contributed by atoms with Crippen molar-refractivity contribution in [1.82, 2.24) is 0 Å². The van der Waals surface area contributed by atoms with Gasteiger partial charge in [-0.3, -0.25) is 0 Å². The van der Waals surface area contributed by atoms with Gasteiger partial charge in [-0.05, 0) is 13.0 Å². The van der Waals surface area contributed by atoms with Crippen LogP contribution in [0, 0.1) is 0 Å². The van der Waals surface area contributed by atoms with Gasteiger partial charge in [0, 0.05) is 7.11 Å². The van der Waals surface area contributed by atoms with Gasteiger partial charge in [-0.15, -0.1) is 0 Å². The van der Waals surface area contributed by atoms with Crippen LogP contribution in [-0.4, -0.2) is 13.3 Å². The van der Waals surface area contributed by atoms with Gasteiger partial charge in [-0.2, -0.15) is 0 Å². The summed E-state index contributed by atoms with van der Waals surface area (Å²) in [7, 11) is -1.30. The van der Waals surface area contributed by atoms with E-state index >= 15 is 0 Å². The molecule has 0 bridgehead atoms. The van der Waals surface area contributed by atoms with E-state index in [0.717, 1.165) is 0 Å². The molecule has 1 aliphatic rings. The molecule has 1 rings (SSSR count). The molecule has 0 radical (unpaired) electrons. The lowest BCUT2D eigenvalue weighted by Crippen LogP contribution is -1.84. The third kappa shape index (κ3) is 1.35. The van der Waals surface area contributed by atoms with Crippen LogP contribution in [0.25, 0.3) is 0 Å². The van der Waals surface area contributed by atoms with Crippen LogP contribution >= 0.6 is 7.60 Å². The molecule has 0 saturated heterocycles. The van der Waals surface area contributed by atoms with Gasteiger partial charge in [0.1, 0.15) is 0 Å². The van der Waals surface area contributed by atoms with E-state index in [1.807, 2.05) is 0 Å². The summed E-state index contributed by atoms with van der Waals surface area (Å²) in [4.78, 5) is 0. The molecule has 0 aromatic rings. The van der Waals surface area contributed by atoms with Crippen molar-refractivity contribution in [1.29, 1.82) is 0 Å². The Labute approximate surface area is 54.2 Å². The summed E-state index contributed by atoms with van der Waals surface area (Å²) >= 11 is 0. The van der Waals surface area contributed by atoms with Crippen molar-refractivity contribution >= 4 is 7.60 Å². The maximum atomic E-state index is 11.1. The number of allylic oxidation sites excluding steroid dienone is 2. The summed E-state index contributed by atoms with van der Waals surface area (Å²) in [5, 5.41) is 0. The Hall–Kier alpha value is -0.270. The standard InChI is InChI=1S/C5H9O3P/c1-5-3-4-9(6,7-2)8-5/h3H,4H2,1-2H3. The van der Waals surface area contributed by atoms with Crippen molar-refractivity contribution < 1.29 is 13.6 Å². The predicted molar refractivity (Wildman–Crippen MR) is 34.3 cm³/mol. The van der Waals surface area contributed by atoms with Crippen LogP contribution in [0.15, 0.2) is 11.8 Å². The van der Waals surface area contributed by atoms with Gasteiger partial charge < -0.3 is 9.05 Å². The van der Waals surface area contributed by atoms with Crippen LogP contribution < -0.4 is 0 Å². The fraction of sp³-hybridized carbons (Fsp3) is 0.600. The van der Waals surface area contributed by atoms with E-state index in [1.165, 1.54) is 7.11 Å². The fourth-order valence-corrected chi connectivity index (χ4v) is 1.94. The highest BCUT2D eigenvalue weighted by atomic mass is 31.2. The van der Waals surface area contributed by atoms with Crippen molar-refractivity contribution in [3.8, 4) is 0 Å². The normalized spacial score (nSPS) is 33.8. The maximum absolute atomic E-state index is 11.1. The average Bonchev–Trinajstić information content (AvgIpc) is 2.13. The average molecular weight is 148 g/mol. The first-order valence-electron chi connectivity index (χ1n) is 2.67. The molecule has 3 nitrogen and oxygen atoms in total. The Morgan fingerprint density at radius 2 is 2.56 bits per heavy atom. The topological polar surface area (TPSA) is 35.5 Å². The molecular weight excluding hydrogens is 139 g/mol. The summed E-state index contributed by atoms with van der Waals surface area (Å²) < 4.78 is 20.6. The van der Waals surface area contributed by atoms with Crippen molar-refractivity contribution in [2.24, 2.45) is 0 Å². The monoisotopic (exact) mass is 148 g/mol. The molecule has 0 aliphatic carbocycles. The third-order valence-corrected chi connectivity index (χ3v) is 2.92. The fourth-order valence-electron chi connectivity index (χ4n) is 0.646. The van der Waals surface area contributed by atoms with Crippen LogP contribution in [-0.2, 0) is 13.6 Å². The molecule has 0 aromatic carbocycles. The molecule has 0 fully saturated rings. The second-order valence-electron chi connectivity index (χ2n) is 1.88. The molecular formula is C5H9O3P. The van der Waals surface area contributed by atoms with Gasteiger partial charge in [0.05, 0.1) is 11.9 Å². The molecule has 0 N–H and O–H groups in total. The van der Waals surface area contributed by atoms with E-state index in [2.05, 4.69) is 4.52 Å². The van der Waals surface area contributed by atoms with E-state index < -0.39 is 7.60 Å². The van der Waals surface area contributed by atoms with Crippen molar-refractivity contribution in [2.45, 2.75) is 6.92 Å². The zero-order valence-electron chi connectivity index (χ0n) is 5.46. The van der Waals surface area contributed by atoms with Gasteiger partial charge in [0.15, 0.2) is 0 Å². The molecule has 1 atom stereocenters. The highest BCUT2D eigenvalue weighted by molar-refractivity contribution is 7.54. The van der Waals surface area contributed by atoms with E-state index in [-0.39, 0.29) is 0 Å². The number of hydrogen-bond acceptors (Lipinski definition) is 3. The molecule has 52 valence electrons. The van der Waals surface area contributed by atoms with E-state index in [4.69, 9.17) is 4.52 Å². The molecule has 0 aromatic heterocycles. The molecule has 0 spiro atoms. The second kappa shape index (κ2) is 2.16. The highest BCUT2D eigenvalue weighted by Gasteiger charge is 2.27. The van der Waals surface area contributed by atoms with Gasteiger partial charge in [0.2, 0.25) is 0 Å². The lowest BCUT2D eigenvalue weighted by Gasteiger charge is -2.07. The summed E-state index contributed by atoms with van der Waals surface area (Å²) in [6, 6.07) is 0. The van der Waals surface area contributed by atoms with Gasteiger partial charge in [0.25, 0.3) is 0 Å². The molecule has 9 heavy (non-hydrogen) atoms. The number of rotatable bonds is 1. The molecule has 1 heterocycles. The van der Waals surface area contributed by atoms with Crippen LogP contribution in [0.5, 0.6) is 0 Å². The quantitative estimate of drug-likeness (QED) is 0.531. The molecule has 1 unspecified atom stereocenters. The van der Waals surface area contributed by atoms with Crippen LogP contribution in [0.4, 0.5) is 0 Å². The third-order valence-electron chi connectivity index (χ3n) is 1.16. The van der Waals surface area contributed by atoms with Gasteiger partial charge in [-0.1, -0.05) is 0 Å². The van der Waals surface area contributed by atoms with E-state index in [1.54, 1.807) is 13.0 Å².